The zero-order valence-electron chi connectivity index (χ0n) is 17.9. The molecule has 3 amide bonds. The minimum atomic E-state index is -0.648. The first-order valence-electron chi connectivity index (χ1n) is 11.0. The Balaban J connectivity index is 1.60. The Kier molecular flexibility index (Phi) is 6.42. The fourth-order valence-electron chi connectivity index (χ4n) is 4.27. The summed E-state index contributed by atoms with van der Waals surface area (Å²) in [5, 5.41) is 2.97. The fourth-order valence-corrected chi connectivity index (χ4v) is 4.27. The van der Waals surface area contributed by atoms with E-state index in [1.807, 2.05) is 55.5 Å². The van der Waals surface area contributed by atoms with E-state index in [0.717, 1.165) is 35.5 Å². The molecule has 7 heteroatoms. The normalized spacial score (nSPS) is 20.3. The van der Waals surface area contributed by atoms with Crippen LogP contribution < -0.4 is 15.8 Å². The Hall–Kier alpha value is -3.06. The molecule has 2 atom stereocenters. The number of nitrogens with one attached hydrogen (secondary N) is 1. The van der Waals surface area contributed by atoms with E-state index in [0.29, 0.717) is 32.6 Å². The second kappa shape index (κ2) is 9.39. The third kappa shape index (κ3) is 4.66. The largest absolute Gasteiger partial charge is 0.457 e. The topological polar surface area (TPSA) is 87.9 Å². The smallest absolute Gasteiger partial charge is 0.321 e. The highest BCUT2D eigenvalue weighted by atomic mass is 16.5. The molecular formula is C24H30N4O3. The molecule has 2 aliphatic rings. The van der Waals surface area contributed by atoms with Crippen molar-refractivity contribution < 1.29 is 14.3 Å². The molecule has 2 heterocycles. The molecule has 2 aliphatic heterocycles. The highest BCUT2D eigenvalue weighted by molar-refractivity contribution is 5.89. The molecule has 0 aliphatic carbocycles. The van der Waals surface area contributed by atoms with E-state index in [2.05, 4.69) is 5.32 Å². The Morgan fingerprint density at radius 1 is 1.13 bits per heavy atom. The summed E-state index contributed by atoms with van der Waals surface area (Å²) in [7, 11) is 0. The summed E-state index contributed by atoms with van der Waals surface area (Å²) in [6, 6.07) is 14.6. The number of carbonyl (C=O) groups excluding carboxylic acids is 2. The van der Waals surface area contributed by atoms with Crippen LogP contribution in [0, 0.1) is 0 Å². The Morgan fingerprint density at radius 3 is 2.65 bits per heavy atom. The van der Waals surface area contributed by atoms with E-state index >= 15 is 0 Å². The van der Waals surface area contributed by atoms with E-state index in [-0.39, 0.29) is 18.0 Å². The highest BCUT2D eigenvalue weighted by Crippen LogP contribution is 2.34. The van der Waals surface area contributed by atoms with Gasteiger partial charge >= 0.3 is 6.03 Å². The quantitative estimate of drug-likeness (QED) is 0.775. The zero-order valence-corrected chi connectivity index (χ0v) is 17.9. The molecule has 2 unspecified atom stereocenters. The van der Waals surface area contributed by atoms with Crippen LogP contribution in [0.25, 0.3) is 0 Å². The van der Waals surface area contributed by atoms with Gasteiger partial charge in [0.1, 0.15) is 17.5 Å². The number of nitrogens with zero attached hydrogens (tertiary/aromatic N) is 2. The fraction of sp³-hybridized carbons (Fsp3) is 0.417. The van der Waals surface area contributed by atoms with Gasteiger partial charge in [-0.3, -0.25) is 4.79 Å². The van der Waals surface area contributed by atoms with Gasteiger partial charge in [-0.15, -0.1) is 0 Å². The number of benzene rings is 2. The molecule has 164 valence electrons. The summed E-state index contributed by atoms with van der Waals surface area (Å²) in [5.74, 6) is 1.34. The summed E-state index contributed by atoms with van der Waals surface area (Å²) < 4.78 is 5.97. The van der Waals surface area contributed by atoms with E-state index in [1.54, 1.807) is 9.80 Å². The van der Waals surface area contributed by atoms with Crippen LogP contribution >= 0.6 is 0 Å². The molecule has 2 aromatic carbocycles. The number of para-hydroxylation sites is 1. The summed E-state index contributed by atoms with van der Waals surface area (Å²) in [4.78, 5) is 29.8. The maximum Gasteiger partial charge on any atom is 0.321 e. The summed E-state index contributed by atoms with van der Waals surface area (Å²) >= 11 is 0. The summed E-state index contributed by atoms with van der Waals surface area (Å²) in [5.41, 5.74) is 7.90. The number of urea groups is 1. The zero-order chi connectivity index (χ0) is 21.8. The van der Waals surface area contributed by atoms with Crippen LogP contribution in [0.15, 0.2) is 48.5 Å². The second-order valence-electron chi connectivity index (χ2n) is 8.19. The first kappa shape index (κ1) is 21.2. The molecule has 0 bridgehead atoms. The molecule has 1 fully saturated rings. The third-order valence-corrected chi connectivity index (χ3v) is 5.86. The molecule has 4 rings (SSSR count). The van der Waals surface area contributed by atoms with Crippen LogP contribution in [0.4, 0.5) is 4.79 Å². The number of hydrogen-bond acceptors (Lipinski definition) is 4. The maximum atomic E-state index is 13.2. The van der Waals surface area contributed by atoms with Gasteiger partial charge in [-0.1, -0.05) is 31.2 Å². The molecular weight excluding hydrogens is 392 g/mol. The van der Waals surface area contributed by atoms with E-state index < -0.39 is 6.04 Å². The predicted molar refractivity (Wildman–Crippen MR) is 119 cm³/mol. The lowest BCUT2D eigenvalue weighted by molar-refractivity contribution is -0.126. The van der Waals surface area contributed by atoms with E-state index in [9.17, 15) is 9.59 Å². The van der Waals surface area contributed by atoms with Gasteiger partial charge in [0.25, 0.3) is 0 Å². The van der Waals surface area contributed by atoms with Crippen molar-refractivity contribution in [1.82, 2.24) is 15.1 Å². The minimum absolute atomic E-state index is 0.00564. The lowest BCUT2D eigenvalue weighted by atomic mass is 9.91. The van der Waals surface area contributed by atoms with Crippen LogP contribution in [0.1, 0.15) is 36.9 Å². The maximum absolute atomic E-state index is 13.2. The number of nitrogens with two attached hydrogens (primary N) is 1. The number of fused-ring (bicyclic) bond motifs is 1. The van der Waals surface area contributed by atoms with Gasteiger partial charge in [0.2, 0.25) is 5.91 Å². The molecule has 2 aromatic rings. The van der Waals surface area contributed by atoms with Crippen LogP contribution in [0.3, 0.4) is 0 Å². The first-order chi connectivity index (χ1) is 15.1. The van der Waals surface area contributed by atoms with Crippen LogP contribution in [0.5, 0.6) is 11.5 Å². The van der Waals surface area contributed by atoms with Crippen molar-refractivity contribution in [3.8, 4) is 11.5 Å². The number of ether oxygens (including phenoxy) is 1. The van der Waals surface area contributed by atoms with Gasteiger partial charge in [0.15, 0.2) is 0 Å². The van der Waals surface area contributed by atoms with Crippen molar-refractivity contribution in [2.45, 2.75) is 38.3 Å². The summed E-state index contributed by atoms with van der Waals surface area (Å²) in [6.07, 6.45) is 2.30. The molecule has 7 nitrogen and oxygen atoms in total. The molecule has 1 saturated heterocycles. The Labute approximate surface area is 183 Å². The van der Waals surface area contributed by atoms with Crippen LogP contribution in [0.2, 0.25) is 0 Å². The van der Waals surface area contributed by atoms with Crippen molar-refractivity contribution >= 4 is 11.9 Å². The number of likely N-dealkylation sites (tertiary alicyclic amines) is 1. The first-order valence-corrected chi connectivity index (χ1v) is 11.0. The van der Waals surface area contributed by atoms with Crippen molar-refractivity contribution in [2.24, 2.45) is 5.73 Å². The molecule has 0 spiro atoms. The average Bonchev–Trinajstić information content (AvgIpc) is 3.23. The number of carbonyl (C=O) groups is 2. The number of hydrogen-bond donors (Lipinski definition) is 2. The minimum Gasteiger partial charge on any atom is -0.457 e. The van der Waals surface area contributed by atoms with Gasteiger partial charge in [-0.25, -0.2) is 4.79 Å². The Morgan fingerprint density at radius 2 is 1.94 bits per heavy atom. The van der Waals surface area contributed by atoms with Gasteiger partial charge in [-0.2, -0.15) is 0 Å². The monoisotopic (exact) mass is 422 g/mol. The van der Waals surface area contributed by atoms with Crippen LogP contribution in [-0.2, 0) is 11.2 Å². The van der Waals surface area contributed by atoms with Gasteiger partial charge in [0.05, 0.1) is 0 Å². The molecule has 0 saturated carbocycles. The van der Waals surface area contributed by atoms with Gasteiger partial charge < -0.3 is 25.6 Å². The summed E-state index contributed by atoms with van der Waals surface area (Å²) in [6.45, 7) is 4.25. The SMILES string of the molecule is CCCNC(=O)C1c2ccc(Oc3ccccc3)cc2CCN1C(=O)N1CCC(N)C1. The van der Waals surface area contributed by atoms with Crippen LogP contribution in [-0.4, -0.2) is 54.0 Å². The lowest BCUT2D eigenvalue weighted by Crippen LogP contribution is -2.51. The van der Waals surface area contributed by atoms with Crippen molar-refractivity contribution in [2.75, 3.05) is 26.2 Å². The van der Waals surface area contributed by atoms with E-state index in [4.69, 9.17) is 10.5 Å². The number of amides is 3. The Bertz CT molecular complexity index is 934. The molecule has 31 heavy (non-hydrogen) atoms. The molecule has 0 radical (unpaired) electrons. The van der Waals surface area contributed by atoms with E-state index in [1.165, 1.54) is 0 Å². The lowest BCUT2D eigenvalue weighted by Gasteiger charge is -2.38. The molecule has 0 aromatic heterocycles. The highest BCUT2D eigenvalue weighted by Gasteiger charge is 2.39. The van der Waals surface area contributed by atoms with Gasteiger partial charge in [0, 0.05) is 32.2 Å². The van der Waals surface area contributed by atoms with Crippen molar-refractivity contribution in [1.29, 1.82) is 0 Å². The average molecular weight is 423 g/mol. The predicted octanol–water partition coefficient (Wildman–Crippen LogP) is 3.06. The number of rotatable bonds is 5. The molecule has 3 N–H and O–H groups in total. The second-order valence-corrected chi connectivity index (χ2v) is 8.19. The van der Waals surface area contributed by atoms with Gasteiger partial charge in [-0.05, 0) is 54.7 Å². The standard InChI is InChI=1S/C24H30N4O3/c1-2-12-26-23(29)22-21-9-8-20(31-19-6-4-3-5-7-19)15-17(21)10-14-28(22)24(30)27-13-11-18(25)16-27/h3-9,15,18,22H,2,10-14,16,25H2,1H3,(H,26,29). The van der Waals surface area contributed by atoms with Crippen molar-refractivity contribution in [3.63, 3.8) is 0 Å². The van der Waals surface area contributed by atoms with Crippen molar-refractivity contribution in [3.05, 3.63) is 59.7 Å². The third-order valence-electron chi connectivity index (χ3n) is 5.86.